The number of rotatable bonds is 5. The number of anilines is 2. The monoisotopic (exact) mass is 304 g/mol. The molecule has 0 radical (unpaired) electrons. The second kappa shape index (κ2) is 7.04. The largest absolute Gasteiger partial charge is 0.369 e. The van der Waals surface area contributed by atoms with Gasteiger partial charge in [-0.05, 0) is 43.2 Å². The van der Waals surface area contributed by atoms with Crippen molar-refractivity contribution in [3.63, 3.8) is 0 Å². The minimum Gasteiger partial charge on any atom is -0.369 e. The Kier molecular flexibility index (Phi) is 5.11. The van der Waals surface area contributed by atoms with Crippen molar-refractivity contribution in [2.75, 3.05) is 17.2 Å². The maximum Gasteiger partial charge on any atom is 0.276 e. The van der Waals surface area contributed by atoms with Gasteiger partial charge in [0.2, 0.25) is 0 Å². The number of nitrogens with one attached hydrogen (secondary N) is 2. The normalized spacial score (nSPS) is 10.2. The van der Waals surface area contributed by atoms with E-state index in [2.05, 4.69) is 27.8 Å². The van der Waals surface area contributed by atoms with E-state index in [9.17, 15) is 4.79 Å². The lowest BCUT2D eigenvalue weighted by Crippen LogP contribution is -2.15. The van der Waals surface area contributed by atoms with Crippen LogP contribution in [-0.4, -0.2) is 22.6 Å². The van der Waals surface area contributed by atoms with Gasteiger partial charge >= 0.3 is 0 Å². The molecule has 0 aliphatic carbocycles. The molecular formula is C15H17ClN4O. The highest BCUT2D eigenvalue weighted by Crippen LogP contribution is 2.23. The molecule has 2 N–H and O–H groups in total. The number of halogens is 1. The Bertz CT molecular complexity index is 628. The van der Waals surface area contributed by atoms with Crippen molar-refractivity contribution in [3.05, 3.63) is 46.6 Å². The number of hydrogen-bond donors (Lipinski definition) is 2. The number of aromatic nitrogens is 2. The Balaban J connectivity index is 2.08. The lowest BCUT2D eigenvalue weighted by molar-refractivity contribution is 0.102. The summed E-state index contributed by atoms with van der Waals surface area (Å²) in [4.78, 5) is 12.1. The summed E-state index contributed by atoms with van der Waals surface area (Å²) in [5, 5.41) is 14.4. The third-order valence-corrected chi connectivity index (χ3v) is 3.38. The molecule has 2 aromatic rings. The first-order valence-electron chi connectivity index (χ1n) is 6.76. The first kappa shape index (κ1) is 15.3. The smallest absolute Gasteiger partial charge is 0.276 e. The molecule has 5 nitrogen and oxygen atoms in total. The summed E-state index contributed by atoms with van der Waals surface area (Å²) in [5.74, 6) is 0.349. The zero-order valence-corrected chi connectivity index (χ0v) is 12.7. The van der Waals surface area contributed by atoms with Crippen molar-refractivity contribution in [1.29, 1.82) is 0 Å². The molecule has 21 heavy (non-hydrogen) atoms. The minimum absolute atomic E-state index is 0.261. The molecule has 0 spiro atoms. The summed E-state index contributed by atoms with van der Waals surface area (Å²) >= 11 is 6.03. The predicted molar refractivity (Wildman–Crippen MR) is 85.0 cm³/mol. The molecule has 0 aliphatic rings. The predicted octanol–water partition coefficient (Wildman–Crippen LogP) is 3.51. The van der Waals surface area contributed by atoms with E-state index in [1.807, 2.05) is 6.92 Å². The van der Waals surface area contributed by atoms with Gasteiger partial charge in [-0.25, -0.2) is 0 Å². The summed E-state index contributed by atoms with van der Waals surface area (Å²) in [6, 6.07) is 8.74. The van der Waals surface area contributed by atoms with Crippen LogP contribution in [0.2, 0.25) is 5.02 Å². The summed E-state index contributed by atoms with van der Waals surface area (Å²) in [5.41, 5.74) is 1.75. The Morgan fingerprint density at radius 2 is 2.05 bits per heavy atom. The third-order valence-electron chi connectivity index (χ3n) is 2.97. The highest BCUT2D eigenvalue weighted by molar-refractivity contribution is 6.31. The van der Waals surface area contributed by atoms with Gasteiger partial charge in [0, 0.05) is 17.3 Å². The topological polar surface area (TPSA) is 66.9 Å². The average molecular weight is 305 g/mol. The van der Waals surface area contributed by atoms with Crippen LogP contribution in [0, 0.1) is 6.92 Å². The molecule has 0 fully saturated rings. The van der Waals surface area contributed by atoms with Crippen molar-refractivity contribution in [1.82, 2.24) is 10.2 Å². The number of benzene rings is 1. The second-order valence-corrected chi connectivity index (χ2v) is 5.00. The lowest BCUT2D eigenvalue weighted by atomic mass is 10.2. The number of carbonyl (C=O) groups excluding carboxylic acids is 1. The van der Waals surface area contributed by atoms with Crippen molar-refractivity contribution in [3.8, 4) is 0 Å². The fourth-order valence-electron chi connectivity index (χ4n) is 1.73. The van der Waals surface area contributed by atoms with Gasteiger partial charge in [0.15, 0.2) is 5.69 Å². The zero-order chi connectivity index (χ0) is 15.2. The van der Waals surface area contributed by atoms with E-state index in [1.165, 1.54) is 0 Å². The van der Waals surface area contributed by atoms with E-state index in [4.69, 9.17) is 11.6 Å². The summed E-state index contributed by atoms with van der Waals surface area (Å²) < 4.78 is 0. The van der Waals surface area contributed by atoms with Crippen molar-refractivity contribution < 1.29 is 4.79 Å². The third kappa shape index (κ3) is 3.92. The number of nitrogens with zero attached hydrogens (tertiary/aromatic N) is 2. The number of carbonyl (C=O) groups is 1. The Morgan fingerprint density at radius 3 is 2.71 bits per heavy atom. The van der Waals surface area contributed by atoms with Crippen LogP contribution in [0.15, 0.2) is 30.3 Å². The van der Waals surface area contributed by atoms with Crippen molar-refractivity contribution in [2.24, 2.45) is 0 Å². The maximum absolute atomic E-state index is 12.1. The Hall–Kier alpha value is -2.14. The molecule has 0 saturated carbocycles. The van der Waals surface area contributed by atoms with Crippen LogP contribution in [-0.2, 0) is 0 Å². The zero-order valence-electron chi connectivity index (χ0n) is 12.0. The first-order chi connectivity index (χ1) is 10.1. The maximum atomic E-state index is 12.1. The fourth-order valence-corrected chi connectivity index (χ4v) is 1.90. The van der Waals surface area contributed by atoms with Gasteiger partial charge in [0.05, 0.1) is 0 Å². The molecule has 1 aromatic heterocycles. The molecule has 110 valence electrons. The van der Waals surface area contributed by atoms with Crippen LogP contribution in [0.5, 0.6) is 0 Å². The lowest BCUT2D eigenvalue weighted by Gasteiger charge is -2.09. The van der Waals surface area contributed by atoms with Gasteiger partial charge in [-0.2, -0.15) is 0 Å². The van der Waals surface area contributed by atoms with E-state index >= 15 is 0 Å². The standard InChI is InChI=1S/C15H17ClN4O/c1-3-9-17-14-8-7-13(19-20-14)15(21)18-12-6-4-5-11(16)10(12)2/h4-8H,3,9H2,1-2H3,(H,17,20)(H,18,21). The van der Waals surface area contributed by atoms with Crippen LogP contribution in [0.1, 0.15) is 29.4 Å². The van der Waals surface area contributed by atoms with Gasteiger partial charge in [-0.3, -0.25) is 4.79 Å². The van der Waals surface area contributed by atoms with Crippen LogP contribution in [0.3, 0.4) is 0 Å². The average Bonchev–Trinajstić information content (AvgIpc) is 2.50. The summed E-state index contributed by atoms with van der Waals surface area (Å²) in [6.45, 7) is 4.74. The molecule has 0 aliphatic heterocycles. The molecule has 6 heteroatoms. The number of amides is 1. The highest BCUT2D eigenvalue weighted by Gasteiger charge is 2.11. The summed E-state index contributed by atoms with van der Waals surface area (Å²) in [7, 11) is 0. The van der Waals surface area contributed by atoms with Gasteiger partial charge in [-0.15, -0.1) is 10.2 Å². The molecule has 0 atom stereocenters. The molecule has 1 heterocycles. The van der Waals surface area contributed by atoms with Gasteiger partial charge in [0.25, 0.3) is 5.91 Å². The molecule has 0 unspecified atom stereocenters. The first-order valence-corrected chi connectivity index (χ1v) is 7.13. The number of hydrogen-bond acceptors (Lipinski definition) is 4. The Labute approximate surface area is 128 Å². The van der Waals surface area contributed by atoms with Crippen LogP contribution >= 0.6 is 11.6 Å². The van der Waals surface area contributed by atoms with Crippen LogP contribution in [0.4, 0.5) is 11.5 Å². The van der Waals surface area contributed by atoms with E-state index in [0.717, 1.165) is 18.5 Å². The highest BCUT2D eigenvalue weighted by atomic mass is 35.5. The molecule has 0 bridgehead atoms. The molecule has 1 amide bonds. The van der Waals surface area contributed by atoms with Crippen LogP contribution < -0.4 is 10.6 Å². The second-order valence-electron chi connectivity index (χ2n) is 4.60. The van der Waals surface area contributed by atoms with E-state index < -0.39 is 0 Å². The van der Waals surface area contributed by atoms with Gasteiger partial charge < -0.3 is 10.6 Å². The Morgan fingerprint density at radius 1 is 1.24 bits per heavy atom. The molecule has 2 rings (SSSR count). The van der Waals surface area contributed by atoms with E-state index in [0.29, 0.717) is 16.5 Å². The van der Waals surface area contributed by atoms with E-state index in [-0.39, 0.29) is 11.6 Å². The van der Waals surface area contributed by atoms with Crippen molar-refractivity contribution in [2.45, 2.75) is 20.3 Å². The van der Waals surface area contributed by atoms with E-state index in [1.54, 1.807) is 30.3 Å². The molecular weight excluding hydrogens is 288 g/mol. The minimum atomic E-state index is -0.310. The van der Waals surface area contributed by atoms with Gasteiger partial charge in [0.1, 0.15) is 5.82 Å². The fraction of sp³-hybridized carbons (Fsp3) is 0.267. The van der Waals surface area contributed by atoms with Crippen LogP contribution in [0.25, 0.3) is 0 Å². The molecule has 1 aromatic carbocycles. The SMILES string of the molecule is CCCNc1ccc(C(=O)Nc2cccc(Cl)c2C)nn1. The van der Waals surface area contributed by atoms with Gasteiger partial charge in [-0.1, -0.05) is 24.6 Å². The molecule has 0 saturated heterocycles. The summed E-state index contributed by atoms with van der Waals surface area (Å²) in [6.07, 6.45) is 0.998. The quantitative estimate of drug-likeness (QED) is 0.887. The van der Waals surface area contributed by atoms with Crippen molar-refractivity contribution >= 4 is 29.0 Å².